The number of aliphatic carboxylic acids is 1. The molecule has 0 heterocycles. The molecule has 1 aliphatic rings. The zero-order chi connectivity index (χ0) is 12.8. The molecule has 17 heavy (non-hydrogen) atoms. The number of carbonyl (C=O) groups excluding carboxylic acids is 1. The predicted octanol–water partition coefficient (Wildman–Crippen LogP) is 1.82. The Hall–Kier alpha value is -1.26. The molecular formula is C12H22N2O3. The first-order valence-corrected chi connectivity index (χ1v) is 6.29. The SMILES string of the molecule is CC(C)N(CC(=O)O)C(=O)NC1CCCCC1. The number of rotatable bonds is 4. The third-order valence-corrected chi connectivity index (χ3v) is 3.12. The minimum absolute atomic E-state index is 0.102. The summed E-state index contributed by atoms with van der Waals surface area (Å²) in [6.07, 6.45) is 5.53. The van der Waals surface area contributed by atoms with Crippen molar-refractivity contribution in [2.45, 2.75) is 58.0 Å². The number of carboxylic acids is 1. The van der Waals surface area contributed by atoms with E-state index >= 15 is 0 Å². The van der Waals surface area contributed by atoms with Gasteiger partial charge in [-0.15, -0.1) is 0 Å². The lowest BCUT2D eigenvalue weighted by atomic mass is 9.96. The van der Waals surface area contributed by atoms with Gasteiger partial charge in [-0.05, 0) is 26.7 Å². The Morgan fingerprint density at radius 3 is 2.35 bits per heavy atom. The van der Waals surface area contributed by atoms with Crippen LogP contribution in [0.4, 0.5) is 4.79 Å². The summed E-state index contributed by atoms with van der Waals surface area (Å²) in [5, 5.41) is 11.7. The van der Waals surface area contributed by atoms with Crippen LogP contribution in [-0.2, 0) is 4.79 Å². The molecule has 0 bridgehead atoms. The molecule has 1 rings (SSSR count). The molecule has 1 saturated carbocycles. The van der Waals surface area contributed by atoms with Gasteiger partial charge in [0.25, 0.3) is 0 Å². The van der Waals surface area contributed by atoms with Gasteiger partial charge in [0.15, 0.2) is 0 Å². The molecule has 0 radical (unpaired) electrons. The van der Waals surface area contributed by atoms with Crippen molar-refractivity contribution in [1.29, 1.82) is 0 Å². The van der Waals surface area contributed by atoms with E-state index in [1.807, 2.05) is 13.8 Å². The molecule has 0 aromatic heterocycles. The molecule has 5 heteroatoms. The van der Waals surface area contributed by atoms with Gasteiger partial charge >= 0.3 is 12.0 Å². The second-order valence-electron chi connectivity index (χ2n) is 4.90. The number of carbonyl (C=O) groups is 2. The van der Waals surface area contributed by atoms with Gasteiger partial charge in [0, 0.05) is 12.1 Å². The summed E-state index contributed by atoms with van der Waals surface area (Å²) < 4.78 is 0. The van der Waals surface area contributed by atoms with Gasteiger partial charge in [-0.1, -0.05) is 19.3 Å². The lowest BCUT2D eigenvalue weighted by Gasteiger charge is -2.29. The van der Waals surface area contributed by atoms with Gasteiger partial charge in [-0.25, -0.2) is 4.79 Å². The third kappa shape index (κ3) is 4.63. The lowest BCUT2D eigenvalue weighted by molar-refractivity contribution is -0.138. The number of amides is 2. The first-order valence-electron chi connectivity index (χ1n) is 6.29. The molecular weight excluding hydrogens is 220 g/mol. The van der Waals surface area contributed by atoms with Gasteiger partial charge < -0.3 is 15.3 Å². The largest absolute Gasteiger partial charge is 0.480 e. The minimum atomic E-state index is -0.975. The van der Waals surface area contributed by atoms with Crippen LogP contribution < -0.4 is 5.32 Å². The summed E-state index contributed by atoms with van der Waals surface area (Å²) in [6, 6.07) is -0.143. The standard InChI is InChI=1S/C12H22N2O3/c1-9(2)14(8-11(15)16)12(17)13-10-6-4-3-5-7-10/h9-10H,3-8H2,1-2H3,(H,13,17)(H,15,16). The van der Waals surface area contributed by atoms with E-state index in [1.165, 1.54) is 11.3 Å². The number of nitrogens with zero attached hydrogens (tertiary/aromatic N) is 1. The van der Waals surface area contributed by atoms with E-state index in [2.05, 4.69) is 5.32 Å². The second kappa shape index (κ2) is 6.47. The van der Waals surface area contributed by atoms with E-state index in [1.54, 1.807) is 0 Å². The van der Waals surface area contributed by atoms with E-state index in [0.717, 1.165) is 25.7 Å². The van der Waals surface area contributed by atoms with E-state index in [0.29, 0.717) is 0 Å². The summed E-state index contributed by atoms with van der Waals surface area (Å²) in [5.74, 6) is -0.975. The maximum Gasteiger partial charge on any atom is 0.323 e. The van der Waals surface area contributed by atoms with Crippen LogP contribution in [0.3, 0.4) is 0 Å². The van der Waals surface area contributed by atoms with Crippen molar-refractivity contribution in [2.24, 2.45) is 0 Å². The summed E-state index contributed by atoms with van der Waals surface area (Å²) >= 11 is 0. The second-order valence-corrected chi connectivity index (χ2v) is 4.90. The monoisotopic (exact) mass is 242 g/mol. The fourth-order valence-corrected chi connectivity index (χ4v) is 2.14. The van der Waals surface area contributed by atoms with E-state index in [4.69, 9.17) is 5.11 Å². The van der Waals surface area contributed by atoms with Crippen LogP contribution in [0.25, 0.3) is 0 Å². The third-order valence-electron chi connectivity index (χ3n) is 3.12. The first-order chi connectivity index (χ1) is 8.00. The Morgan fingerprint density at radius 2 is 1.88 bits per heavy atom. The molecule has 0 aromatic carbocycles. The number of urea groups is 1. The van der Waals surface area contributed by atoms with Crippen molar-refractivity contribution in [2.75, 3.05) is 6.54 Å². The molecule has 0 saturated heterocycles. The molecule has 0 aromatic rings. The van der Waals surface area contributed by atoms with Gasteiger partial charge in [0.1, 0.15) is 6.54 Å². The summed E-state index contributed by atoms with van der Waals surface area (Å²) in [6.45, 7) is 3.41. The fourth-order valence-electron chi connectivity index (χ4n) is 2.14. The van der Waals surface area contributed by atoms with Crippen LogP contribution >= 0.6 is 0 Å². The number of carboxylic acid groups (broad SMARTS) is 1. The highest BCUT2D eigenvalue weighted by Crippen LogP contribution is 2.17. The van der Waals surface area contributed by atoms with Crippen molar-refractivity contribution in [1.82, 2.24) is 10.2 Å². The molecule has 5 nitrogen and oxygen atoms in total. The average Bonchev–Trinajstić information content (AvgIpc) is 2.26. The Kier molecular flexibility index (Phi) is 5.25. The summed E-state index contributed by atoms with van der Waals surface area (Å²) in [7, 11) is 0. The lowest BCUT2D eigenvalue weighted by Crippen LogP contribution is -2.49. The van der Waals surface area contributed by atoms with Crippen molar-refractivity contribution in [3.63, 3.8) is 0 Å². The topological polar surface area (TPSA) is 69.6 Å². The van der Waals surface area contributed by atoms with E-state index in [9.17, 15) is 9.59 Å². The van der Waals surface area contributed by atoms with Gasteiger partial charge in [-0.2, -0.15) is 0 Å². The van der Waals surface area contributed by atoms with Crippen LogP contribution in [0.1, 0.15) is 46.0 Å². The van der Waals surface area contributed by atoms with Crippen LogP contribution in [0, 0.1) is 0 Å². The Morgan fingerprint density at radius 1 is 1.29 bits per heavy atom. The molecule has 1 aliphatic carbocycles. The smallest absolute Gasteiger partial charge is 0.323 e. The van der Waals surface area contributed by atoms with E-state index in [-0.39, 0.29) is 24.7 Å². The zero-order valence-corrected chi connectivity index (χ0v) is 10.6. The van der Waals surface area contributed by atoms with Gasteiger partial charge in [-0.3, -0.25) is 4.79 Å². The van der Waals surface area contributed by atoms with Gasteiger partial charge in [0.2, 0.25) is 0 Å². The molecule has 98 valence electrons. The van der Waals surface area contributed by atoms with Crippen LogP contribution in [0.15, 0.2) is 0 Å². The van der Waals surface area contributed by atoms with Crippen LogP contribution in [0.5, 0.6) is 0 Å². The highest BCUT2D eigenvalue weighted by atomic mass is 16.4. The molecule has 0 spiro atoms. The predicted molar refractivity (Wildman–Crippen MR) is 64.9 cm³/mol. The number of nitrogens with one attached hydrogen (secondary N) is 1. The Balaban J connectivity index is 2.49. The van der Waals surface area contributed by atoms with Crippen molar-refractivity contribution in [3.8, 4) is 0 Å². The molecule has 0 atom stereocenters. The Bertz CT molecular complexity index is 273. The molecule has 2 N–H and O–H groups in total. The highest BCUT2D eigenvalue weighted by Gasteiger charge is 2.23. The molecule has 0 aliphatic heterocycles. The number of hydrogen-bond acceptors (Lipinski definition) is 2. The van der Waals surface area contributed by atoms with Crippen LogP contribution in [0.2, 0.25) is 0 Å². The summed E-state index contributed by atoms with van der Waals surface area (Å²) in [4.78, 5) is 24.0. The summed E-state index contributed by atoms with van der Waals surface area (Å²) in [5.41, 5.74) is 0. The maximum atomic E-state index is 11.9. The first kappa shape index (κ1) is 13.8. The maximum absolute atomic E-state index is 11.9. The van der Waals surface area contributed by atoms with E-state index < -0.39 is 5.97 Å². The zero-order valence-electron chi connectivity index (χ0n) is 10.6. The minimum Gasteiger partial charge on any atom is -0.480 e. The fraction of sp³-hybridized carbons (Fsp3) is 0.833. The average molecular weight is 242 g/mol. The number of hydrogen-bond donors (Lipinski definition) is 2. The van der Waals surface area contributed by atoms with Crippen molar-refractivity contribution < 1.29 is 14.7 Å². The van der Waals surface area contributed by atoms with Crippen LogP contribution in [-0.4, -0.2) is 40.6 Å². The van der Waals surface area contributed by atoms with Gasteiger partial charge in [0.05, 0.1) is 0 Å². The molecule has 1 fully saturated rings. The van der Waals surface area contributed by atoms with Crippen molar-refractivity contribution in [3.05, 3.63) is 0 Å². The normalized spacial score (nSPS) is 16.9. The van der Waals surface area contributed by atoms with Crippen molar-refractivity contribution >= 4 is 12.0 Å². The molecule has 2 amide bonds. The molecule has 0 unspecified atom stereocenters. The quantitative estimate of drug-likeness (QED) is 0.790. The highest BCUT2D eigenvalue weighted by molar-refractivity contribution is 5.80. The Labute approximate surface area is 102 Å².